The van der Waals surface area contributed by atoms with Crippen LogP contribution in [0.5, 0.6) is 0 Å². The van der Waals surface area contributed by atoms with E-state index in [-0.39, 0.29) is 11.9 Å². The van der Waals surface area contributed by atoms with Crippen LogP contribution in [-0.2, 0) is 11.3 Å². The SMILES string of the molecule is CCN(C)C(=O)C(C)NCc1cn[nH]c1-c1cccs1. The molecule has 1 unspecified atom stereocenters. The lowest BCUT2D eigenvalue weighted by Crippen LogP contribution is -2.42. The van der Waals surface area contributed by atoms with Crippen LogP contribution in [-0.4, -0.2) is 40.6 Å². The molecule has 0 aliphatic rings. The Morgan fingerprint density at radius 1 is 1.60 bits per heavy atom. The molecule has 0 radical (unpaired) electrons. The highest BCUT2D eigenvalue weighted by molar-refractivity contribution is 7.13. The molecule has 1 atom stereocenters. The first kappa shape index (κ1) is 14.7. The number of carbonyl (C=O) groups is 1. The van der Waals surface area contributed by atoms with Crippen LogP contribution >= 0.6 is 11.3 Å². The number of nitrogens with zero attached hydrogens (tertiary/aromatic N) is 2. The van der Waals surface area contributed by atoms with E-state index in [1.54, 1.807) is 16.2 Å². The second kappa shape index (κ2) is 6.67. The fourth-order valence-electron chi connectivity index (χ4n) is 1.92. The zero-order chi connectivity index (χ0) is 14.5. The molecular weight excluding hydrogens is 272 g/mol. The molecule has 0 saturated heterocycles. The first-order valence-electron chi connectivity index (χ1n) is 6.68. The Morgan fingerprint density at radius 2 is 2.40 bits per heavy atom. The molecule has 2 aromatic rings. The first-order valence-corrected chi connectivity index (χ1v) is 7.56. The lowest BCUT2D eigenvalue weighted by Gasteiger charge is -2.20. The highest BCUT2D eigenvalue weighted by Gasteiger charge is 2.17. The summed E-state index contributed by atoms with van der Waals surface area (Å²) in [6, 6.07) is 3.87. The van der Waals surface area contributed by atoms with Crippen LogP contribution in [0.2, 0.25) is 0 Å². The smallest absolute Gasteiger partial charge is 0.239 e. The largest absolute Gasteiger partial charge is 0.345 e. The fraction of sp³-hybridized carbons (Fsp3) is 0.429. The molecular formula is C14H20N4OS. The fourth-order valence-corrected chi connectivity index (χ4v) is 2.67. The maximum Gasteiger partial charge on any atom is 0.239 e. The molecule has 5 nitrogen and oxygen atoms in total. The molecule has 2 aromatic heterocycles. The predicted molar refractivity (Wildman–Crippen MR) is 81.5 cm³/mol. The summed E-state index contributed by atoms with van der Waals surface area (Å²) < 4.78 is 0. The summed E-state index contributed by atoms with van der Waals surface area (Å²) in [4.78, 5) is 14.9. The van der Waals surface area contributed by atoms with Crippen molar-refractivity contribution in [1.29, 1.82) is 0 Å². The van der Waals surface area contributed by atoms with E-state index in [2.05, 4.69) is 21.6 Å². The molecule has 0 aliphatic carbocycles. The molecule has 0 bridgehead atoms. The van der Waals surface area contributed by atoms with E-state index in [9.17, 15) is 4.79 Å². The predicted octanol–water partition coefficient (Wildman–Crippen LogP) is 2.09. The Labute approximate surface area is 123 Å². The third kappa shape index (κ3) is 3.26. The molecule has 20 heavy (non-hydrogen) atoms. The lowest BCUT2D eigenvalue weighted by molar-refractivity contribution is -0.131. The van der Waals surface area contributed by atoms with E-state index in [4.69, 9.17) is 0 Å². The van der Waals surface area contributed by atoms with Gasteiger partial charge in [0.1, 0.15) is 0 Å². The number of aromatic nitrogens is 2. The van der Waals surface area contributed by atoms with E-state index in [0.29, 0.717) is 6.54 Å². The average molecular weight is 292 g/mol. The summed E-state index contributed by atoms with van der Waals surface area (Å²) in [6.45, 7) is 5.19. The quantitative estimate of drug-likeness (QED) is 0.857. The first-order chi connectivity index (χ1) is 9.63. The van der Waals surface area contributed by atoms with Crippen LogP contribution in [0.3, 0.4) is 0 Å². The number of thiophene rings is 1. The van der Waals surface area contributed by atoms with Crippen LogP contribution < -0.4 is 5.32 Å². The summed E-state index contributed by atoms with van der Waals surface area (Å²) in [5.74, 6) is 0.105. The van der Waals surface area contributed by atoms with Crippen molar-refractivity contribution < 1.29 is 4.79 Å². The maximum absolute atomic E-state index is 12.0. The van der Waals surface area contributed by atoms with Crippen molar-refractivity contribution in [2.45, 2.75) is 26.4 Å². The average Bonchev–Trinajstić information content (AvgIpc) is 3.12. The summed E-state index contributed by atoms with van der Waals surface area (Å²) in [5, 5.41) is 12.4. The van der Waals surface area contributed by atoms with Crippen molar-refractivity contribution in [3.05, 3.63) is 29.3 Å². The maximum atomic E-state index is 12.0. The summed E-state index contributed by atoms with van der Waals surface area (Å²) in [7, 11) is 1.81. The zero-order valence-electron chi connectivity index (χ0n) is 12.0. The van der Waals surface area contributed by atoms with Crippen molar-refractivity contribution in [3.63, 3.8) is 0 Å². The van der Waals surface area contributed by atoms with Crippen LogP contribution in [0.4, 0.5) is 0 Å². The van der Waals surface area contributed by atoms with E-state index >= 15 is 0 Å². The van der Waals surface area contributed by atoms with Crippen LogP contribution in [0.25, 0.3) is 10.6 Å². The number of aromatic amines is 1. The van der Waals surface area contributed by atoms with E-state index < -0.39 is 0 Å². The Balaban J connectivity index is 1.98. The molecule has 2 heterocycles. The lowest BCUT2D eigenvalue weighted by atomic mass is 10.2. The van der Waals surface area contributed by atoms with Crippen molar-refractivity contribution in [3.8, 4) is 10.6 Å². The van der Waals surface area contributed by atoms with Gasteiger partial charge in [0.05, 0.1) is 22.8 Å². The Hall–Kier alpha value is -1.66. The second-order valence-electron chi connectivity index (χ2n) is 4.70. The van der Waals surface area contributed by atoms with Gasteiger partial charge in [0.15, 0.2) is 0 Å². The van der Waals surface area contributed by atoms with Gasteiger partial charge in [-0.25, -0.2) is 0 Å². The molecule has 2 N–H and O–H groups in total. The van der Waals surface area contributed by atoms with Gasteiger partial charge in [0.25, 0.3) is 0 Å². The number of likely N-dealkylation sites (N-methyl/N-ethyl adjacent to an activating group) is 1. The van der Waals surface area contributed by atoms with Crippen molar-refractivity contribution in [1.82, 2.24) is 20.4 Å². The number of amides is 1. The molecule has 1 amide bonds. The normalized spacial score (nSPS) is 12.3. The Bertz CT molecular complexity index is 549. The molecule has 0 fully saturated rings. The number of H-pyrrole nitrogens is 1. The van der Waals surface area contributed by atoms with E-state index in [1.165, 1.54) is 0 Å². The van der Waals surface area contributed by atoms with Crippen molar-refractivity contribution >= 4 is 17.2 Å². The molecule has 6 heteroatoms. The van der Waals surface area contributed by atoms with E-state index in [0.717, 1.165) is 22.7 Å². The topological polar surface area (TPSA) is 61.0 Å². The molecule has 0 aromatic carbocycles. The monoisotopic (exact) mass is 292 g/mol. The Morgan fingerprint density at radius 3 is 3.05 bits per heavy atom. The minimum Gasteiger partial charge on any atom is -0.345 e. The Kier molecular flexibility index (Phi) is 4.92. The zero-order valence-corrected chi connectivity index (χ0v) is 12.8. The summed E-state index contributed by atoms with van der Waals surface area (Å²) in [6.07, 6.45) is 1.81. The van der Waals surface area contributed by atoms with Crippen molar-refractivity contribution in [2.24, 2.45) is 0 Å². The summed E-state index contributed by atoms with van der Waals surface area (Å²) in [5.41, 5.74) is 2.10. The third-order valence-electron chi connectivity index (χ3n) is 3.31. The number of hydrogen-bond acceptors (Lipinski definition) is 4. The number of carbonyl (C=O) groups excluding carboxylic acids is 1. The van der Waals surface area contributed by atoms with Gasteiger partial charge in [0, 0.05) is 25.7 Å². The molecule has 108 valence electrons. The minimum atomic E-state index is -0.203. The van der Waals surface area contributed by atoms with Crippen LogP contribution in [0.1, 0.15) is 19.4 Å². The summed E-state index contributed by atoms with van der Waals surface area (Å²) >= 11 is 1.67. The molecule has 0 saturated carbocycles. The second-order valence-corrected chi connectivity index (χ2v) is 5.65. The molecule has 2 rings (SSSR count). The van der Waals surface area contributed by atoms with Gasteiger partial charge in [-0.15, -0.1) is 11.3 Å². The minimum absolute atomic E-state index is 0.105. The number of nitrogens with one attached hydrogen (secondary N) is 2. The molecule has 0 aliphatic heterocycles. The van der Waals surface area contributed by atoms with Gasteiger partial charge < -0.3 is 10.2 Å². The van der Waals surface area contributed by atoms with Gasteiger partial charge in [-0.05, 0) is 25.3 Å². The van der Waals surface area contributed by atoms with Gasteiger partial charge in [-0.3, -0.25) is 9.89 Å². The number of rotatable bonds is 6. The number of hydrogen-bond donors (Lipinski definition) is 2. The van der Waals surface area contributed by atoms with Gasteiger partial charge in [-0.2, -0.15) is 5.10 Å². The van der Waals surface area contributed by atoms with Gasteiger partial charge >= 0.3 is 0 Å². The highest BCUT2D eigenvalue weighted by Crippen LogP contribution is 2.25. The van der Waals surface area contributed by atoms with Gasteiger partial charge in [0.2, 0.25) is 5.91 Å². The van der Waals surface area contributed by atoms with Crippen molar-refractivity contribution in [2.75, 3.05) is 13.6 Å². The third-order valence-corrected chi connectivity index (χ3v) is 4.19. The van der Waals surface area contributed by atoms with Gasteiger partial charge in [-0.1, -0.05) is 6.07 Å². The molecule has 0 spiro atoms. The van der Waals surface area contributed by atoms with Crippen LogP contribution in [0, 0.1) is 0 Å². The van der Waals surface area contributed by atoms with E-state index in [1.807, 2.05) is 38.5 Å². The highest BCUT2D eigenvalue weighted by atomic mass is 32.1. The van der Waals surface area contributed by atoms with Crippen LogP contribution in [0.15, 0.2) is 23.7 Å². The standard InChI is InChI=1S/C14H20N4OS/c1-4-18(3)14(19)10(2)15-8-11-9-16-17-13(11)12-6-5-7-20-12/h5-7,9-10,15H,4,8H2,1-3H3,(H,16,17).